The van der Waals surface area contributed by atoms with Gasteiger partial charge in [-0.05, 0) is 31.4 Å². The van der Waals surface area contributed by atoms with Crippen molar-refractivity contribution in [2.75, 3.05) is 26.0 Å². The zero-order valence-electron chi connectivity index (χ0n) is 13.6. The Morgan fingerprint density at radius 2 is 2.14 bits per heavy atom. The molecular formula is C17H26N2O3. The Labute approximate surface area is 132 Å². The van der Waals surface area contributed by atoms with Crippen molar-refractivity contribution >= 4 is 11.7 Å². The summed E-state index contributed by atoms with van der Waals surface area (Å²) in [7, 11) is 3.37. The number of nitrogens with zero attached hydrogens (tertiary/aromatic N) is 1. The van der Waals surface area contributed by atoms with E-state index in [1.54, 1.807) is 19.1 Å². The molecule has 5 nitrogen and oxygen atoms in total. The number of amides is 2. The van der Waals surface area contributed by atoms with E-state index in [9.17, 15) is 9.90 Å². The number of ether oxygens (including phenoxy) is 1. The maximum Gasteiger partial charge on any atom is 0.321 e. The Bertz CT molecular complexity index is 519. The predicted octanol–water partition coefficient (Wildman–Crippen LogP) is 3.02. The van der Waals surface area contributed by atoms with Crippen LogP contribution in [0.1, 0.15) is 31.2 Å². The van der Waals surface area contributed by atoms with Gasteiger partial charge in [0, 0.05) is 31.3 Å². The summed E-state index contributed by atoms with van der Waals surface area (Å²) in [6, 6.07) is 5.44. The molecular weight excluding hydrogens is 280 g/mol. The summed E-state index contributed by atoms with van der Waals surface area (Å²) in [5, 5.41) is 12.9. The first-order valence-electron chi connectivity index (χ1n) is 7.86. The predicted molar refractivity (Wildman–Crippen MR) is 87.3 cm³/mol. The largest absolute Gasteiger partial charge is 0.497 e. The highest BCUT2D eigenvalue weighted by atomic mass is 16.5. The van der Waals surface area contributed by atoms with Crippen LogP contribution in [0.25, 0.3) is 0 Å². The van der Waals surface area contributed by atoms with E-state index >= 15 is 0 Å². The molecule has 0 bridgehead atoms. The topological polar surface area (TPSA) is 61.8 Å². The van der Waals surface area contributed by atoms with Gasteiger partial charge in [-0.1, -0.05) is 18.9 Å². The molecule has 0 unspecified atom stereocenters. The fourth-order valence-corrected chi connectivity index (χ4v) is 2.91. The van der Waals surface area contributed by atoms with Crippen LogP contribution in [0, 0.1) is 12.8 Å². The van der Waals surface area contributed by atoms with E-state index in [4.69, 9.17) is 4.74 Å². The number of hydrogen-bond acceptors (Lipinski definition) is 3. The Hall–Kier alpha value is -1.75. The first-order chi connectivity index (χ1) is 10.5. The second-order valence-electron chi connectivity index (χ2n) is 6.10. The second kappa shape index (κ2) is 7.49. The Balaban J connectivity index is 1.96. The molecule has 22 heavy (non-hydrogen) atoms. The molecule has 1 aliphatic carbocycles. The van der Waals surface area contributed by atoms with Crippen molar-refractivity contribution in [2.24, 2.45) is 5.92 Å². The SMILES string of the molecule is COc1ccc(C)c(NC(=O)N(C)C[C@H]2CCCC[C@@H]2O)c1. The number of aliphatic hydroxyl groups is 1. The van der Waals surface area contributed by atoms with Crippen molar-refractivity contribution in [1.82, 2.24) is 4.90 Å². The highest BCUT2D eigenvalue weighted by Crippen LogP contribution is 2.26. The van der Waals surface area contributed by atoms with E-state index < -0.39 is 0 Å². The quantitative estimate of drug-likeness (QED) is 0.899. The van der Waals surface area contributed by atoms with Crippen LogP contribution in [0.2, 0.25) is 0 Å². The molecule has 2 amide bonds. The number of carbonyl (C=O) groups is 1. The van der Waals surface area contributed by atoms with Gasteiger partial charge in [0.2, 0.25) is 0 Å². The van der Waals surface area contributed by atoms with Crippen LogP contribution >= 0.6 is 0 Å². The third-order valence-corrected chi connectivity index (χ3v) is 4.41. The van der Waals surface area contributed by atoms with Crippen LogP contribution in [0.5, 0.6) is 5.75 Å². The number of urea groups is 1. The molecule has 2 N–H and O–H groups in total. The molecule has 0 spiro atoms. The summed E-state index contributed by atoms with van der Waals surface area (Å²) in [5.74, 6) is 0.891. The summed E-state index contributed by atoms with van der Waals surface area (Å²) >= 11 is 0. The lowest BCUT2D eigenvalue weighted by Gasteiger charge is -2.31. The summed E-state index contributed by atoms with van der Waals surface area (Å²) in [5.41, 5.74) is 1.74. The number of hydrogen-bond donors (Lipinski definition) is 2. The van der Waals surface area contributed by atoms with Crippen molar-refractivity contribution in [3.63, 3.8) is 0 Å². The minimum Gasteiger partial charge on any atom is -0.497 e. The minimum atomic E-state index is -0.289. The zero-order chi connectivity index (χ0) is 16.1. The van der Waals surface area contributed by atoms with E-state index in [1.165, 1.54) is 0 Å². The van der Waals surface area contributed by atoms with Crippen molar-refractivity contribution in [3.05, 3.63) is 23.8 Å². The third kappa shape index (κ3) is 4.13. The summed E-state index contributed by atoms with van der Waals surface area (Å²) in [4.78, 5) is 14.0. The molecule has 1 aliphatic rings. The van der Waals surface area contributed by atoms with Crippen molar-refractivity contribution in [1.29, 1.82) is 0 Å². The van der Waals surface area contributed by atoms with Crippen LogP contribution in [-0.2, 0) is 0 Å². The summed E-state index contributed by atoms with van der Waals surface area (Å²) in [6.45, 7) is 2.52. The molecule has 1 saturated carbocycles. The van der Waals surface area contributed by atoms with E-state index in [0.717, 1.165) is 36.9 Å². The molecule has 0 radical (unpaired) electrons. The summed E-state index contributed by atoms with van der Waals surface area (Å²) in [6.07, 6.45) is 3.75. The standard InChI is InChI=1S/C17H26N2O3/c1-12-8-9-14(22-3)10-15(12)18-17(21)19(2)11-13-6-4-5-7-16(13)20/h8-10,13,16,20H,4-7,11H2,1-3H3,(H,18,21)/t13-,16+/m1/s1. The summed E-state index contributed by atoms with van der Waals surface area (Å²) < 4.78 is 5.19. The van der Waals surface area contributed by atoms with E-state index in [0.29, 0.717) is 12.3 Å². The van der Waals surface area contributed by atoms with Gasteiger partial charge in [0.05, 0.1) is 13.2 Å². The van der Waals surface area contributed by atoms with Gasteiger partial charge in [0.1, 0.15) is 5.75 Å². The number of rotatable bonds is 4. The number of aryl methyl sites for hydroxylation is 1. The van der Waals surface area contributed by atoms with Crippen molar-refractivity contribution in [2.45, 2.75) is 38.7 Å². The van der Waals surface area contributed by atoms with Gasteiger partial charge in [-0.3, -0.25) is 0 Å². The molecule has 0 saturated heterocycles. The van der Waals surface area contributed by atoms with Gasteiger partial charge < -0.3 is 20.1 Å². The Morgan fingerprint density at radius 1 is 1.41 bits per heavy atom. The lowest BCUT2D eigenvalue weighted by molar-refractivity contribution is 0.0575. The maximum atomic E-state index is 12.3. The molecule has 122 valence electrons. The van der Waals surface area contributed by atoms with Gasteiger partial charge in [0.25, 0.3) is 0 Å². The normalized spacial score (nSPS) is 21.3. The van der Waals surface area contributed by atoms with Gasteiger partial charge in [-0.2, -0.15) is 0 Å². The molecule has 0 aliphatic heterocycles. The number of methoxy groups -OCH3 is 1. The third-order valence-electron chi connectivity index (χ3n) is 4.41. The van der Waals surface area contributed by atoms with Crippen LogP contribution in [0.3, 0.4) is 0 Å². The van der Waals surface area contributed by atoms with Crippen molar-refractivity contribution in [3.8, 4) is 5.75 Å². The van der Waals surface area contributed by atoms with Gasteiger partial charge in [-0.15, -0.1) is 0 Å². The number of nitrogens with one attached hydrogen (secondary N) is 1. The molecule has 2 rings (SSSR count). The fraction of sp³-hybridized carbons (Fsp3) is 0.588. The van der Waals surface area contributed by atoms with E-state index in [1.807, 2.05) is 25.1 Å². The number of aliphatic hydroxyl groups excluding tert-OH is 1. The first kappa shape index (κ1) is 16.6. The second-order valence-corrected chi connectivity index (χ2v) is 6.10. The number of carbonyl (C=O) groups excluding carboxylic acids is 1. The first-order valence-corrected chi connectivity index (χ1v) is 7.86. The molecule has 1 fully saturated rings. The molecule has 0 heterocycles. The molecule has 2 atom stereocenters. The maximum absolute atomic E-state index is 12.3. The number of benzene rings is 1. The van der Waals surface area contributed by atoms with Crippen LogP contribution in [0.15, 0.2) is 18.2 Å². The van der Waals surface area contributed by atoms with Crippen molar-refractivity contribution < 1.29 is 14.6 Å². The van der Waals surface area contributed by atoms with E-state index in [-0.39, 0.29) is 18.1 Å². The Kier molecular flexibility index (Phi) is 5.66. The van der Waals surface area contributed by atoms with Crippen LogP contribution < -0.4 is 10.1 Å². The monoisotopic (exact) mass is 306 g/mol. The van der Waals surface area contributed by atoms with Crippen LogP contribution in [0.4, 0.5) is 10.5 Å². The van der Waals surface area contributed by atoms with Gasteiger partial charge in [-0.25, -0.2) is 4.79 Å². The minimum absolute atomic E-state index is 0.158. The average molecular weight is 306 g/mol. The molecule has 5 heteroatoms. The molecule has 1 aromatic rings. The highest BCUT2D eigenvalue weighted by Gasteiger charge is 2.25. The smallest absolute Gasteiger partial charge is 0.321 e. The Morgan fingerprint density at radius 3 is 2.82 bits per heavy atom. The van der Waals surface area contributed by atoms with Crippen LogP contribution in [-0.4, -0.2) is 42.8 Å². The highest BCUT2D eigenvalue weighted by molar-refractivity contribution is 5.90. The van der Waals surface area contributed by atoms with Gasteiger partial charge >= 0.3 is 6.03 Å². The fourth-order valence-electron chi connectivity index (χ4n) is 2.91. The van der Waals surface area contributed by atoms with Gasteiger partial charge in [0.15, 0.2) is 0 Å². The molecule has 1 aromatic carbocycles. The lowest BCUT2D eigenvalue weighted by Crippen LogP contribution is -2.40. The lowest BCUT2D eigenvalue weighted by atomic mass is 9.86. The average Bonchev–Trinajstić information content (AvgIpc) is 2.51. The molecule has 0 aromatic heterocycles. The zero-order valence-corrected chi connectivity index (χ0v) is 13.6. The number of anilines is 1. The van der Waals surface area contributed by atoms with E-state index in [2.05, 4.69) is 5.32 Å².